The van der Waals surface area contributed by atoms with E-state index in [9.17, 15) is 5.11 Å². The first-order chi connectivity index (χ1) is 10.2. The van der Waals surface area contributed by atoms with E-state index in [0.29, 0.717) is 0 Å². The van der Waals surface area contributed by atoms with Crippen molar-refractivity contribution in [3.05, 3.63) is 0 Å². The second kappa shape index (κ2) is 16.3. The zero-order valence-electron chi connectivity index (χ0n) is 14.7. The molecule has 0 fully saturated rings. The molecule has 128 valence electrons. The Labute approximate surface area is 133 Å². The fourth-order valence-corrected chi connectivity index (χ4v) is 2.83. The molecule has 0 aromatic carbocycles. The molecule has 2 N–H and O–H groups in total. The maximum absolute atomic E-state index is 9.82. The minimum absolute atomic E-state index is 0.0505. The Morgan fingerprint density at radius 2 is 0.952 bits per heavy atom. The van der Waals surface area contributed by atoms with Gasteiger partial charge in [0.15, 0.2) is 0 Å². The molecule has 0 aromatic rings. The largest absolute Gasteiger partial charge is 0.393 e. The number of unbranched alkanes of at least 4 members (excludes halogenated alkanes) is 10. The third kappa shape index (κ3) is 17.9. The van der Waals surface area contributed by atoms with Gasteiger partial charge in [0.2, 0.25) is 0 Å². The van der Waals surface area contributed by atoms with Crippen molar-refractivity contribution in [1.82, 2.24) is 0 Å². The van der Waals surface area contributed by atoms with E-state index in [0.717, 1.165) is 19.3 Å². The van der Waals surface area contributed by atoms with Gasteiger partial charge < -0.3 is 10.2 Å². The number of hydrogen-bond acceptors (Lipinski definition) is 2. The highest BCUT2D eigenvalue weighted by atomic mass is 16.3. The molecule has 21 heavy (non-hydrogen) atoms. The summed E-state index contributed by atoms with van der Waals surface area (Å²) in [6.07, 6.45) is 18.1. The molecule has 0 saturated heterocycles. The van der Waals surface area contributed by atoms with Crippen molar-refractivity contribution >= 4 is 0 Å². The van der Waals surface area contributed by atoms with Crippen LogP contribution in [0.15, 0.2) is 0 Å². The average molecular weight is 301 g/mol. The maximum Gasteiger partial charge on any atom is 0.0540 e. The molecule has 0 spiro atoms. The molecule has 0 aromatic heterocycles. The summed E-state index contributed by atoms with van der Waals surface area (Å²) in [6, 6.07) is 0. The van der Waals surface area contributed by atoms with Gasteiger partial charge in [-0.3, -0.25) is 0 Å². The Kier molecular flexibility index (Phi) is 16.2. The highest BCUT2D eigenvalue weighted by molar-refractivity contribution is 4.57. The van der Waals surface area contributed by atoms with E-state index in [-0.39, 0.29) is 12.2 Å². The van der Waals surface area contributed by atoms with Gasteiger partial charge in [-0.25, -0.2) is 0 Å². The Hall–Kier alpha value is -0.0800. The van der Waals surface area contributed by atoms with Crippen molar-refractivity contribution in [3.8, 4) is 0 Å². The van der Waals surface area contributed by atoms with Crippen molar-refractivity contribution < 1.29 is 10.2 Å². The minimum atomic E-state index is -0.123. The highest BCUT2D eigenvalue weighted by Gasteiger charge is 2.03. The molecule has 2 nitrogen and oxygen atoms in total. The van der Waals surface area contributed by atoms with Gasteiger partial charge in [0.1, 0.15) is 0 Å². The van der Waals surface area contributed by atoms with Gasteiger partial charge in [-0.1, -0.05) is 84.0 Å². The average Bonchev–Trinajstić information content (AvgIpc) is 2.44. The fraction of sp³-hybridized carbons (Fsp3) is 1.00. The van der Waals surface area contributed by atoms with Crippen LogP contribution in [-0.4, -0.2) is 22.4 Å². The quantitative estimate of drug-likeness (QED) is 0.364. The van der Waals surface area contributed by atoms with E-state index < -0.39 is 0 Å². The number of rotatable bonds is 16. The van der Waals surface area contributed by atoms with Gasteiger partial charge in [-0.05, 0) is 26.2 Å². The van der Waals surface area contributed by atoms with Crippen LogP contribution in [-0.2, 0) is 0 Å². The molecular formula is C19H40O2. The second-order valence-electron chi connectivity index (χ2n) is 6.76. The lowest BCUT2D eigenvalue weighted by Crippen LogP contribution is -2.05. The van der Waals surface area contributed by atoms with Crippen LogP contribution in [0.25, 0.3) is 0 Å². The molecular weight excluding hydrogens is 260 g/mol. The van der Waals surface area contributed by atoms with E-state index in [1.165, 1.54) is 77.0 Å². The third-order valence-corrected chi connectivity index (χ3v) is 4.30. The molecule has 0 aliphatic heterocycles. The molecule has 0 aliphatic carbocycles. The molecule has 0 amide bonds. The Balaban J connectivity index is 3.08. The van der Waals surface area contributed by atoms with Gasteiger partial charge in [0, 0.05) is 0 Å². The Morgan fingerprint density at radius 3 is 1.38 bits per heavy atom. The normalized spacial score (nSPS) is 14.3. The minimum Gasteiger partial charge on any atom is -0.393 e. The van der Waals surface area contributed by atoms with Crippen molar-refractivity contribution in [1.29, 1.82) is 0 Å². The number of aliphatic hydroxyl groups excluding tert-OH is 2. The fourth-order valence-electron chi connectivity index (χ4n) is 2.83. The summed E-state index contributed by atoms with van der Waals surface area (Å²) in [4.78, 5) is 0. The summed E-state index contributed by atoms with van der Waals surface area (Å²) >= 11 is 0. The van der Waals surface area contributed by atoms with E-state index in [1.807, 2.05) is 6.92 Å². The monoisotopic (exact) mass is 300 g/mol. The zero-order chi connectivity index (χ0) is 15.8. The standard InChI is InChI=1S/C19H40O2/c1-3-4-12-16-19(21)17-14-11-9-7-5-6-8-10-13-15-18(2)20/h18-21H,3-17H2,1-2H3. The van der Waals surface area contributed by atoms with Gasteiger partial charge in [-0.15, -0.1) is 0 Å². The van der Waals surface area contributed by atoms with Crippen LogP contribution in [0.2, 0.25) is 0 Å². The lowest BCUT2D eigenvalue weighted by atomic mass is 10.0. The summed E-state index contributed by atoms with van der Waals surface area (Å²) < 4.78 is 0. The van der Waals surface area contributed by atoms with Crippen LogP contribution in [0.3, 0.4) is 0 Å². The van der Waals surface area contributed by atoms with E-state index in [2.05, 4.69) is 6.92 Å². The predicted octanol–water partition coefficient (Wildman–Crippen LogP) is 5.60. The van der Waals surface area contributed by atoms with Gasteiger partial charge in [-0.2, -0.15) is 0 Å². The summed E-state index contributed by atoms with van der Waals surface area (Å²) in [5, 5.41) is 19.0. The lowest BCUT2D eigenvalue weighted by molar-refractivity contribution is 0.147. The zero-order valence-corrected chi connectivity index (χ0v) is 14.7. The first-order valence-electron chi connectivity index (χ1n) is 9.53. The summed E-state index contributed by atoms with van der Waals surface area (Å²) in [7, 11) is 0. The van der Waals surface area contributed by atoms with Crippen LogP contribution in [0.5, 0.6) is 0 Å². The second-order valence-corrected chi connectivity index (χ2v) is 6.76. The topological polar surface area (TPSA) is 40.5 Å². The molecule has 2 heteroatoms. The van der Waals surface area contributed by atoms with Crippen molar-refractivity contribution in [2.24, 2.45) is 0 Å². The summed E-state index contributed by atoms with van der Waals surface area (Å²) in [5.74, 6) is 0. The number of aliphatic hydroxyl groups is 2. The van der Waals surface area contributed by atoms with E-state index in [4.69, 9.17) is 5.11 Å². The van der Waals surface area contributed by atoms with Crippen molar-refractivity contribution in [2.75, 3.05) is 0 Å². The molecule has 0 rings (SSSR count). The first-order valence-corrected chi connectivity index (χ1v) is 9.53. The molecule has 2 atom stereocenters. The van der Waals surface area contributed by atoms with Gasteiger partial charge in [0.25, 0.3) is 0 Å². The molecule has 0 bridgehead atoms. The molecule has 0 radical (unpaired) electrons. The van der Waals surface area contributed by atoms with Crippen LogP contribution in [0, 0.1) is 0 Å². The van der Waals surface area contributed by atoms with Crippen molar-refractivity contribution in [2.45, 2.75) is 122 Å². The lowest BCUT2D eigenvalue weighted by Gasteiger charge is -2.09. The first kappa shape index (κ1) is 20.9. The van der Waals surface area contributed by atoms with E-state index >= 15 is 0 Å². The third-order valence-electron chi connectivity index (χ3n) is 4.30. The maximum atomic E-state index is 9.82. The van der Waals surface area contributed by atoms with Crippen molar-refractivity contribution in [3.63, 3.8) is 0 Å². The van der Waals surface area contributed by atoms with Crippen LogP contribution in [0.1, 0.15) is 110 Å². The predicted molar refractivity (Wildman–Crippen MR) is 92.6 cm³/mol. The molecule has 0 heterocycles. The van der Waals surface area contributed by atoms with Gasteiger partial charge >= 0.3 is 0 Å². The molecule has 2 unspecified atom stereocenters. The van der Waals surface area contributed by atoms with Crippen LogP contribution >= 0.6 is 0 Å². The summed E-state index contributed by atoms with van der Waals surface area (Å²) in [5.41, 5.74) is 0. The highest BCUT2D eigenvalue weighted by Crippen LogP contribution is 2.14. The number of hydrogen-bond donors (Lipinski definition) is 2. The van der Waals surface area contributed by atoms with Crippen LogP contribution < -0.4 is 0 Å². The molecule has 0 aliphatic rings. The smallest absolute Gasteiger partial charge is 0.0540 e. The Morgan fingerprint density at radius 1 is 0.571 bits per heavy atom. The summed E-state index contributed by atoms with van der Waals surface area (Å²) in [6.45, 7) is 4.08. The van der Waals surface area contributed by atoms with Gasteiger partial charge in [0.05, 0.1) is 12.2 Å². The SMILES string of the molecule is CCCCCC(O)CCCCCCCCCCCC(C)O. The molecule has 0 saturated carbocycles. The van der Waals surface area contributed by atoms with Crippen LogP contribution in [0.4, 0.5) is 0 Å². The van der Waals surface area contributed by atoms with E-state index in [1.54, 1.807) is 0 Å². The Bertz CT molecular complexity index is 192.